The molecule has 0 bridgehead atoms. The first-order valence-electron chi connectivity index (χ1n) is 6.30. The van der Waals surface area contributed by atoms with Gasteiger partial charge in [-0.05, 0) is 60.2 Å². The minimum Gasteiger partial charge on any atom is -0.324 e. The number of nitrogens with one attached hydrogen (secondary N) is 1. The number of hydrogen-bond acceptors (Lipinski definition) is 2. The van der Waals surface area contributed by atoms with Gasteiger partial charge >= 0.3 is 0 Å². The third-order valence-electron chi connectivity index (χ3n) is 2.85. The van der Waals surface area contributed by atoms with E-state index in [0.29, 0.717) is 5.75 Å². The zero-order chi connectivity index (χ0) is 14.5. The molecule has 20 heavy (non-hydrogen) atoms. The second-order valence-corrected chi connectivity index (χ2v) is 6.77. The molecule has 104 valence electrons. The number of carbonyl (C=O) groups is 1. The molecule has 0 saturated heterocycles. The van der Waals surface area contributed by atoms with Crippen molar-refractivity contribution in [2.24, 2.45) is 0 Å². The summed E-state index contributed by atoms with van der Waals surface area (Å²) in [5.74, 6) is 0.454. The Labute approximate surface area is 137 Å². The number of rotatable bonds is 4. The number of benzene rings is 2. The maximum atomic E-state index is 12.0. The van der Waals surface area contributed by atoms with Crippen LogP contribution in [-0.4, -0.2) is 11.7 Å². The van der Waals surface area contributed by atoms with Crippen molar-refractivity contribution in [2.75, 3.05) is 11.1 Å². The van der Waals surface area contributed by atoms with Crippen molar-refractivity contribution in [2.45, 2.75) is 18.7 Å². The second kappa shape index (κ2) is 7.13. The molecule has 0 aliphatic carbocycles. The molecule has 0 aromatic heterocycles. The van der Waals surface area contributed by atoms with Gasteiger partial charge in [-0.2, -0.15) is 0 Å². The molecule has 0 aliphatic rings. The van der Waals surface area contributed by atoms with Crippen LogP contribution in [0.2, 0.25) is 0 Å². The van der Waals surface area contributed by atoms with E-state index in [9.17, 15) is 4.79 Å². The van der Waals surface area contributed by atoms with Gasteiger partial charge < -0.3 is 5.32 Å². The highest BCUT2D eigenvalue weighted by Gasteiger charge is 2.07. The van der Waals surface area contributed by atoms with Gasteiger partial charge in [-0.15, -0.1) is 11.8 Å². The van der Waals surface area contributed by atoms with Crippen LogP contribution in [-0.2, 0) is 4.79 Å². The van der Waals surface area contributed by atoms with E-state index in [4.69, 9.17) is 0 Å². The number of para-hydroxylation sites is 1. The van der Waals surface area contributed by atoms with Crippen LogP contribution in [0.25, 0.3) is 0 Å². The highest BCUT2D eigenvalue weighted by molar-refractivity contribution is 14.1. The highest BCUT2D eigenvalue weighted by atomic mass is 127. The molecule has 2 nitrogen and oxygen atoms in total. The molecule has 4 heteroatoms. The quantitative estimate of drug-likeness (QED) is 0.602. The van der Waals surface area contributed by atoms with Crippen molar-refractivity contribution >= 4 is 45.9 Å². The standard InChI is InChI=1S/C16H16INOS/c1-11-7-8-12(2)15(9-11)20-10-16(19)18-14-6-4-3-5-13(14)17/h3-9H,10H2,1-2H3,(H,18,19). The van der Waals surface area contributed by atoms with Crippen LogP contribution in [0.1, 0.15) is 11.1 Å². The number of carbonyl (C=O) groups excluding carboxylic acids is 1. The van der Waals surface area contributed by atoms with Crippen LogP contribution in [0.3, 0.4) is 0 Å². The summed E-state index contributed by atoms with van der Waals surface area (Å²) in [5.41, 5.74) is 3.30. The van der Waals surface area contributed by atoms with Crippen molar-refractivity contribution in [3.63, 3.8) is 0 Å². The highest BCUT2D eigenvalue weighted by Crippen LogP contribution is 2.24. The van der Waals surface area contributed by atoms with Gasteiger partial charge in [0.1, 0.15) is 0 Å². The molecule has 0 unspecified atom stereocenters. The molecule has 0 radical (unpaired) electrons. The molecular weight excluding hydrogens is 381 g/mol. The molecule has 0 atom stereocenters. The normalized spacial score (nSPS) is 10.3. The molecule has 0 saturated carbocycles. The van der Waals surface area contributed by atoms with E-state index in [2.05, 4.69) is 60.0 Å². The fourth-order valence-electron chi connectivity index (χ4n) is 1.75. The first-order chi connectivity index (χ1) is 9.56. The van der Waals surface area contributed by atoms with Gasteiger partial charge in [0.05, 0.1) is 11.4 Å². The molecule has 1 amide bonds. The number of hydrogen-bond donors (Lipinski definition) is 1. The van der Waals surface area contributed by atoms with Crippen LogP contribution in [0.15, 0.2) is 47.4 Å². The third-order valence-corrected chi connectivity index (χ3v) is 4.95. The lowest BCUT2D eigenvalue weighted by Gasteiger charge is -2.09. The van der Waals surface area contributed by atoms with Gasteiger partial charge in [-0.25, -0.2) is 0 Å². The van der Waals surface area contributed by atoms with Crippen LogP contribution in [0.4, 0.5) is 5.69 Å². The van der Waals surface area contributed by atoms with E-state index in [1.165, 1.54) is 16.0 Å². The Morgan fingerprint density at radius 2 is 1.95 bits per heavy atom. The zero-order valence-corrected chi connectivity index (χ0v) is 14.4. The lowest BCUT2D eigenvalue weighted by molar-refractivity contribution is -0.113. The van der Waals surface area contributed by atoms with Crippen molar-refractivity contribution in [1.82, 2.24) is 0 Å². The number of thioether (sulfide) groups is 1. The number of anilines is 1. The molecule has 0 aliphatic heterocycles. The van der Waals surface area contributed by atoms with E-state index >= 15 is 0 Å². The maximum Gasteiger partial charge on any atom is 0.234 e. The van der Waals surface area contributed by atoms with Crippen molar-refractivity contribution in [1.29, 1.82) is 0 Å². The minimum absolute atomic E-state index is 0.0278. The largest absolute Gasteiger partial charge is 0.324 e. The first-order valence-corrected chi connectivity index (χ1v) is 8.37. The van der Waals surface area contributed by atoms with Gasteiger partial charge in [0, 0.05) is 8.47 Å². The summed E-state index contributed by atoms with van der Waals surface area (Å²) >= 11 is 3.80. The maximum absolute atomic E-state index is 12.0. The average molecular weight is 397 g/mol. The van der Waals surface area contributed by atoms with Crippen molar-refractivity contribution < 1.29 is 4.79 Å². The Balaban J connectivity index is 1.96. The fourth-order valence-corrected chi connectivity index (χ4v) is 3.20. The summed E-state index contributed by atoms with van der Waals surface area (Å²) in [6.07, 6.45) is 0. The molecule has 0 spiro atoms. The lowest BCUT2D eigenvalue weighted by atomic mass is 10.2. The Bertz CT molecular complexity index is 628. The Morgan fingerprint density at radius 1 is 1.20 bits per heavy atom. The molecular formula is C16H16INOS. The first kappa shape index (κ1) is 15.4. The van der Waals surface area contributed by atoms with Crippen LogP contribution >= 0.6 is 34.4 Å². The van der Waals surface area contributed by atoms with E-state index in [1.807, 2.05) is 24.3 Å². The van der Waals surface area contributed by atoms with Crippen molar-refractivity contribution in [3.05, 3.63) is 57.2 Å². The number of aryl methyl sites for hydroxylation is 2. The van der Waals surface area contributed by atoms with E-state index in [-0.39, 0.29) is 5.91 Å². The molecule has 1 N–H and O–H groups in total. The van der Waals surface area contributed by atoms with Gasteiger partial charge in [0.25, 0.3) is 0 Å². The van der Waals surface area contributed by atoms with Crippen molar-refractivity contribution in [3.8, 4) is 0 Å². The Kier molecular flexibility index (Phi) is 5.48. The lowest BCUT2D eigenvalue weighted by Crippen LogP contribution is -2.14. The van der Waals surface area contributed by atoms with Crippen LogP contribution in [0, 0.1) is 17.4 Å². The Morgan fingerprint density at radius 3 is 2.70 bits per heavy atom. The molecule has 0 heterocycles. The molecule has 2 aromatic rings. The van der Waals surface area contributed by atoms with E-state index < -0.39 is 0 Å². The van der Waals surface area contributed by atoms with Gasteiger partial charge in [0.15, 0.2) is 0 Å². The van der Waals surface area contributed by atoms with Gasteiger partial charge in [-0.1, -0.05) is 29.8 Å². The van der Waals surface area contributed by atoms with E-state index in [1.54, 1.807) is 11.8 Å². The monoisotopic (exact) mass is 397 g/mol. The van der Waals surface area contributed by atoms with Gasteiger partial charge in [-0.3, -0.25) is 4.79 Å². The van der Waals surface area contributed by atoms with E-state index in [0.717, 1.165) is 9.26 Å². The molecule has 2 aromatic carbocycles. The average Bonchev–Trinajstić information content (AvgIpc) is 2.42. The third kappa shape index (κ3) is 4.24. The van der Waals surface area contributed by atoms with Crippen LogP contribution < -0.4 is 5.32 Å². The summed E-state index contributed by atoms with van der Waals surface area (Å²) in [6.45, 7) is 4.13. The summed E-state index contributed by atoms with van der Waals surface area (Å²) < 4.78 is 1.05. The summed E-state index contributed by atoms with van der Waals surface area (Å²) in [4.78, 5) is 13.2. The van der Waals surface area contributed by atoms with Crippen LogP contribution in [0.5, 0.6) is 0 Å². The Hall–Kier alpha value is -1.01. The number of amides is 1. The summed E-state index contributed by atoms with van der Waals surface area (Å²) in [7, 11) is 0. The predicted octanol–water partition coefficient (Wildman–Crippen LogP) is 4.64. The molecule has 2 rings (SSSR count). The smallest absolute Gasteiger partial charge is 0.234 e. The topological polar surface area (TPSA) is 29.1 Å². The van der Waals surface area contributed by atoms with Gasteiger partial charge in [0.2, 0.25) is 5.91 Å². The second-order valence-electron chi connectivity index (χ2n) is 4.59. The molecule has 0 fully saturated rings. The summed E-state index contributed by atoms with van der Waals surface area (Å²) in [6, 6.07) is 14.1. The minimum atomic E-state index is 0.0278. The summed E-state index contributed by atoms with van der Waals surface area (Å²) in [5, 5.41) is 2.95. The predicted molar refractivity (Wildman–Crippen MR) is 94.4 cm³/mol. The fraction of sp³-hybridized carbons (Fsp3) is 0.188. The SMILES string of the molecule is Cc1ccc(C)c(SCC(=O)Nc2ccccc2I)c1. The zero-order valence-electron chi connectivity index (χ0n) is 11.4. The number of halogens is 1.